The van der Waals surface area contributed by atoms with E-state index in [0.29, 0.717) is 10.0 Å². The van der Waals surface area contributed by atoms with Crippen LogP contribution in [0.15, 0.2) is 36.7 Å². The van der Waals surface area contributed by atoms with Gasteiger partial charge in [0.1, 0.15) is 5.75 Å². The number of ether oxygens (including phenoxy) is 1. The molecule has 3 heterocycles. The molecule has 0 saturated carbocycles. The molecule has 8 heteroatoms. The summed E-state index contributed by atoms with van der Waals surface area (Å²) in [6.45, 7) is 0.799. The maximum atomic E-state index is 13.0. The van der Waals surface area contributed by atoms with E-state index in [4.69, 9.17) is 16.3 Å². The molecule has 2 unspecified atom stereocenters. The van der Waals surface area contributed by atoms with Crippen molar-refractivity contribution in [3.63, 3.8) is 0 Å². The van der Waals surface area contributed by atoms with Gasteiger partial charge in [0.25, 0.3) is 5.91 Å². The van der Waals surface area contributed by atoms with Crippen LogP contribution in [-0.2, 0) is 4.79 Å². The van der Waals surface area contributed by atoms with Crippen molar-refractivity contribution in [1.82, 2.24) is 19.7 Å². The zero-order valence-electron chi connectivity index (χ0n) is 14.7. The van der Waals surface area contributed by atoms with E-state index in [1.54, 1.807) is 12.0 Å². The Morgan fingerprint density at radius 3 is 2.62 bits per heavy atom. The summed E-state index contributed by atoms with van der Waals surface area (Å²) >= 11 is 7.52. The fourth-order valence-corrected chi connectivity index (χ4v) is 4.68. The molecule has 2 aromatic rings. The third-order valence-corrected chi connectivity index (χ3v) is 6.10. The number of nitrogens with zero attached hydrogens (tertiary/aromatic N) is 4. The summed E-state index contributed by atoms with van der Waals surface area (Å²) in [6, 6.07) is 7.67. The maximum absolute atomic E-state index is 13.0. The first-order valence-electron chi connectivity index (χ1n) is 8.22. The van der Waals surface area contributed by atoms with Crippen LogP contribution < -0.4 is 4.74 Å². The first-order chi connectivity index (χ1) is 12.5. The Labute approximate surface area is 161 Å². The monoisotopic (exact) mass is 390 g/mol. The zero-order valence-corrected chi connectivity index (χ0v) is 16.3. The lowest BCUT2D eigenvalue weighted by Gasteiger charge is -2.40. The smallest absolute Gasteiger partial charge is 0.258 e. The minimum absolute atomic E-state index is 0.00579. The Balaban J connectivity index is 1.75. The van der Waals surface area contributed by atoms with Gasteiger partial charge in [-0.2, -0.15) is 0 Å². The number of thiazole rings is 1. The fourth-order valence-electron chi connectivity index (χ4n) is 3.63. The van der Waals surface area contributed by atoms with Gasteiger partial charge < -0.3 is 14.5 Å². The van der Waals surface area contributed by atoms with Crippen LogP contribution >= 0.6 is 22.9 Å². The lowest BCUT2D eigenvalue weighted by atomic mass is 10.0. The minimum atomic E-state index is -0.115. The Morgan fingerprint density at radius 2 is 2.00 bits per heavy atom. The molecule has 1 aromatic heterocycles. The summed E-state index contributed by atoms with van der Waals surface area (Å²) in [4.78, 5) is 24.4. The standard InChI is InChI=1S/C18H19ClN4O2S/c1-21-10-14(15-8-20-17(19)26-15)23-9-13(16(24)22(2)18(21)23)11-4-6-12(25-3)7-5-11/h4-9,14,18H,10H2,1-3H3. The molecule has 1 fully saturated rings. The molecule has 4 rings (SSSR count). The lowest BCUT2D eigenvalue weighted by Crippen LogP contribution is -2.53. The SMILES string of the molecule is COc1ccc(C2=CN3C(c4cnc(Cl)s4)CN(C)C3N(C)C2=O)cc1. The number of rotatable bonds is 3. The van der Waals surface area contributed by atoms with Gasteiger partial charge >= 0.3 is 0 Å². The van der Waals surface area contributed by atoms with Crippen molar-refractivity contribution >= 4 is 34.4 Å². The number of methoxy groups -OCH3 is 1. The van der Waals surface area contributed by atoms with Crippen molar-refractivity contribution in [2.24, 2.45) is 0 Å². The van der Waals surface area contributed by atoms with E-state index < -0.39 is 0 Å². The molecular weight excluding hydrogens is 372 g/mol. The zero-order chi connectivity index (χ0) is 18.4. The van der Waals surface area contributed by atoms with Gasteiger partial charge in [0.05, 0.1) is 18.7 Å². The van der Waals surface area contributed by atoms with Crippen molar-refractivity contribution < 1.29 is 9.53 Å². The summed E-state index contributed by atoms with van der Waals surface area (Å²) in [7, 11) is 5.49. The number of hydrogen-bond donors (Lipinski definition) is 0. The second-order valence-corrected chi connectivity index (χ2v) is 8.10. The van der Waals surface area contributed by atoms with Crippen molar-refractivity contribution in [1.29, 1.82) is 0 Å². The van der Waals surface area contributed by atoms with Crippen LogP contribution in [0.3, 0.4) is 0 Å². The number of fused-ring (bicyclic) bond motifs is 1. The highest BCUT2D eigenvalue weighted by atomic mass is 35.5. The Morgan fingerprint density at radius 1 is 1.27 bits per heavy atom. The largest absolute Gasteiger partial charge is 0.497 e. The van der Waals surface area contributed by atoms with E-state index in [2.05, 4.69) is 14.8 Å². The number of carbonyl (C=O) groups excluding carboxylic acids is 1. The number of carbonyl (C=O) groups is 1. The van der Waals surface area contributed by atoms with Crippen LogP contribution in [0.1, 0.15) is 16.5 Å². The van der Waals surface area contributed by atoms with Crippen LogP contribution in [-0.4, -0.2) is 59.6 Å². The normalized spacial score (nSPS) is 23.2. The van der Waals surface area contributed by atoms with E-state index in [0.717, 1.165) is 22.7 Å². The van der Waals surface area contributed by atoms with Crippen molar-refractivity contribution in [2.75, 3.05) is 27.7 Å². The van der Waals surface area contributed by atoms with Gasteiger partial charge in [-0.05, 0) is 24.7 Å². The van der Waals surface area contributed by atoms with E-state index in [-0.39, 0.29) is 18.2 Å². The molecule has 1 aromatic carbocycles. The second-order valence-electron chi connectivity index (χ2n) is 6.45. The Bertz CT molecular complexity index is 866. The number of benzene rings is 1. The molecule has 1 amide bonds. The predicted molar refractivity (Wildman–Crippen MR) is 102 cm³/mol. The molecule has 1 saturated heterocycles. The molecule has 6 nitrogen and oxygen atoms in total. The van der Waals surface area contributed by atoms with E-state index in [1.165, 1.54) is 11.3 Å². The van der Waals surface area contributed by atoms with Gasteiger partial charge in [0.15, 0.2) is 10.8 Å². The average molecular weight is 391 g/mol. The number of aromatic nitrogens is 1. The molecule has 26 heavy (non-hydrogen) atoms. The van der Waals surface area contributed by atoms with Crippen LogP contribution in [0.2, 0.25) is 4.47 Å². The average Bonchev–Trinajstić information content (AvgIpc) is 3.21. The lowest BCUT2D eigenvalue weighted by molar-refractivity contribution is -0.133. The van der Waals surface area contributed by atoms with E-state index in [9.17, 15) is 4.79 Å². The van der Waals surface area contributed by atoms with Crippen molar-refractivity contribution in [3.8, 4) is 5.75 Å². The van der Waals surface area contributed by atoms with Gasteiger partial charge in [-0.25, -0.2) is 4.98 Å². The van der Waals surface area contributed by atoms with Gasteiger partial charge in [-0.15, -0.1) is 11.3 Å². The summed E-state index contributed by atoms with van der Waals surface area (Å²) < 4.78 is 5.75. The quantitative estimate of drug-likeness (QED) is 0.806. The van der Waals surface area contributed by atoms with E-state index in [1.807, 2.05) is 50.8 Å². The molecule has 136 valence electrons. The topological polar surface area (TPSA) is 48.9 Å². The molecule has 0 N–H and O–H groups in total. The Kier molecular flexibility index (Phi) is 4.38. The van der Waals surface area contributed by atoms with Gasteiger partial charge in [-0.3, -0.25) is 9.69 Å². The second kappa shape index (κ2) is 6.57. The molecule has 2 aliphatic heterocycles. The highest BCUT2D eigenvalue weighted by Crippen LogP contribution is 2.40. The van der Waals surface area contributed by atoms with Crippen LogP contribution in [0, 0.1) is 0 Å². The molecule has 0 spiro atoms. The maximum Gasteiger partial charge on any atom is 0.258 e. The van der Waals surface area contributed by atoms with Crippen LogP contribution in [0.25, 0.3) is 5.57 Å². The molecule has 0 bridgehead atoms. The fraction of sp³-hybridized carbons (Fsp3) is 0.333. The first-order valence-corrected chi connectivity index (χ1v) is 9.41. The number of hydrogen-bond acceptors (Lipinski definition) is 6. The van der Waals surface area contributed by atoms with Gasteiger partial charge in [0.2, 0.25) is 0 Å². The highest BCUT2D eigenvalue weighted by Gasteiger charge is 2.45. The van der Waals surface area contributed by atoms with Crippen molar-refractivity contribution in [2.45, 2.75) is 12.3 Å². The molecule has 2 aliphatic rings. The summed E-state index contributed by atoms with van der Waals surface area (Å²) in [5.41, 5.74) is 1.54. The predicted octanol–water partition coefficient (Wildman–Crippen LogP) is 2.89. The van der Waals surface area contributed by atoms with Gasteiger partial charge in [-0.1, -0.05) is 23.7 Å². The Hall–Kier alpha value is -2.09. The third-order valence-electron chi connectivity index (χ3n) is 4.88. The highest BCUT2D eigenvalue weighted by molar-refractivity contribution is 7.15. The van der Waals surface area contributed by atoms with Crippen LogP contribution in [0.4, 0.5) is 0 Å². The number of likely N-dealkylation sites (N-methyl/N-ethyl adjacent to an activating group) is 2. The molecule has 0 aliphatic carbocycles. The van der Waals surface area contributed by atoms with Crippen LogP contribution in [0.5, 0.6) is 5.75 Å². The molecule has 2 atom stereocenters. The molecular formula is C18H19ClN4O2S. The first kappa shape index (κ1) is 17.3. The van der Waals surface area contributed by atoms with Gasteiger partial charge in [0, 0.05) is 30.9 Å². The summed E-state index contributed by atoms with van der Waals surface area (Å²) in [5, 5.41) is 0. The van der Waals surface area contributed by atoms with Crippen molar-refractivity contribution in [3.05, 3.63) is 51.6 Å². The minimum Gasteiger partial charge on any atom is -0.497 e. The molecule has 0 radical (unpaired) electrons. The number of amides is 1. The summed E-state index contributed by atoms with van der Waals surface area (Å²) in [6.07, 6.45) is 3.68. The number of halogens is 1. The van der Waals surface area contributed by atoms with E-state index >= 15 is 0 Å². The third kappa shape index (κ3) is 2.76. The summed E-state index contributed by atoms with van der Waals surface area (Å²) in [5.74, 6) is 0.771.